The molecule has 2 aromatic carbocycles. The zero-order chi connectivity index (χ0) is 20.0. The molecule has 4 nitrogen and oxygen atoms in total. The number of aliphatic hydroxyl groups is 1. The van der Waals surface area contributed by atoms with E-state index in [9.17, 15) is 10.2 Å². The van der Waals surface area contributed by atoms with Gasteiger partial charge in [0.05, 0.1) is 11.1 Å². The highest BCUT2D eigenvalue weighted by Gasteiger charge is 2.64. The van der Waals surface area contributed by atoms with Crippen molar-refractivity contribution in [1.82, 2.24) is 9.88 Å². The lowest BCUT2D eigenvalue weighted by Gasteiger charge is -2.63. The molecule has 2 N–H and O–H groups in total. The molecule has 2 heterocycles. The Bertz CT molecular complexity index is 1180. The summed E-state index contributed by atoms with van der Waals surface area (Å²) >= 11 is 6.20. The number of halogens is 1. The van der Waals surface area contributed by atoms with Crippen molar-refractivity contribution < 1.29 is 10.2 Å². The first-order valence-corrected chi connectivity index (χ1v) is 10.6. The third kappa shape index (κ3) is 2.25. The monoisotopic (exact) mass is 406 g/mol. The SMILES string of the molecule is CN1CC[C@]23Cc4nc5cc(Cl)ccc5cc4C[C@@]2(O)[C@H]1Cc1ccc(O)cc13. The number of hydrogen-bond acceptors (Lipinski definition) is 4. The Morgan fingerprint density at radius 2 is 1.97 bits per heavy atom. The lowest BCUT2D eigenvalue weighted by atomic mass is 9.49. The fraction of sp³-hybridized carbons (Fsp3) is 0.375. The minimum Gasteiger partial charge on any atom is -0.508 e. The predicted octanol–water partition coefficient (Wildman–Crippen LogP) is 3.62. The lowest BCUT2D eigenvalue weighted by molar-refractivity contribution is -0.145. The van der Waals surface area contributed by atoms with E-state index >= 15 is 0 Å². The maximum absolute atomic E-state index is 12.3. The maximum atomic E-state index is 12.3. The second-order valence-electron chi connectivity index (χ2n) is 9.08. The minimum absolute atomic E-state index is 0.0577. The molecule has 3 aliphatic rings. The average molecular weight is 407 g/mol. The number of aromatic nitrogens is 1. The standard InChI is InChI=1S/C24H23ClN2O2/c1-27-7-6-23-13-21-16(8-15-2-4-17(25)10-20(15)26-21)12-24(23,29)22(27)9-14-3-5-18(28)11-19(14)23/h2-5,8,10-11,22,28-29H,6-7,9,12-13H2,1H3/t22-,23-,24-/m1/s1. The number of aromatic hydroxyl groups is 1. The molecule has 29 heavy (non-hydrogen) atoms. The molecule has 0 amide bonds. The quantitative estimate of drug-likeness (QED) is 0.598. The van der Waals surface area contributed by atoms with E-state index in [1.54, 1.807) is 6.07 Å². The van der Waals surface area contributed by atoms with Crippen molar-refractivity contribution in [3.63, 3.8) is 0 Å². The number of rotatable bonds is 0. The summed E-state index contributed by atoms with van der Waals surface area (Å²) in [5.74, 6) is 0.266. The van der Waals surface area contributed by atoms with Crippen LogP contribution in [0.3, 0.4) is 0 Å². The largest absolute Gasteiger partial charge is 0.508 e. The Morgan fingerprint density at radius 3 is 2.83 bits per heavy atom. The van der Waals surface area contributed by atoms with E-state index < -0.39 is 11.0 Å². The van der Waals surface area contributed by atoms with Crippen molar-refractivity contribution in [2.45, 2.75) is 42.7 Å². The summed E-state index contributed by atoms with van der Waals surface area (Å²) in [6, 6.07) is 13.7. The molecule has 1 fully saturated rings. The molecule has 0 saturated carbocycles. The Labute approximate surface area is 174 Å². The summed E-state index contributed by atoms with van der Waals surface area (Å²) in [6.45, 7) is 0.927. The van der Waals surface area contributed by atoms with Crippen LogP contribution in [0.5, 0.6) is 5.75 Å². The van der Waals surface area contributed by atoms with Gasteiger partial charge in [-0.15, -0.1) is 0 Å². The van der Waals surface area contributed by atoms with Gasteiger partial charge in [-0.3, -0.25) is 4.98 Å². The lowest BCUT2D eigenvalue weighted by Crippen LogP contribution is -2.73. The van der Waals surface area contributed by atoms with Crippen LogP contribution in [0.2, 0.25) is 5.02 Å². The van der Waals surface area contributed by atoms with Gasteiger partial charge in [0, 0.05) is 40.4 Å². The molecule has 2 bridgehead atoms. The van der Waals surface area contributed by atoms with Crippen LogP contribution < -0.4 is 0 Å². The van der Waals surface area contributed by atoms with Crippen LogP contribution in [0.25, 0.3) is 10.9 Å². The third-order valence-corrected chi connectivity index (χ3v) is 7.94. The number of likely N-dealkylation sites (N-methyl/N-ethyl adjacent to an activating group) is 1. The number of fused-ring (bicyclic) bond motifs is 3. The number of likely N-dealkylation sites (tertiary alicyclic amines) is 1. The van der Waals surface area contributed by atoms with Gasteiger partial charge in [-0.2, -0.15) is 0 Å². The topological polar surface area (TPSA) is 56.6 Å². The Morgan fingerprint density at radius 1 is 1.10 bits per heavy atom. The second kappa shape index (κ2) is 5.72. The number of hydrogen-bond donors (Lipinski definition) is 2. The van der Waals surface area contributed by atoms with Crippen LogP contribution in [-0.4, -0.2) is 45.3 Å². The maximum Gasteiger partial charge on any atom is 0.115 e. The van der Waals surface area contributed by atoms with Gasteiger partial charge in [0.2, 0.25) is 0 Å². The Kier molecular flexibility index (Phi) is 3.49. The van der Waals surface area contributed by atoms with Crippen molar-refractivity contribution in [3.8, 4) is 5.75 Å². The fourth-order valence-corrected chi connectivity index (χ4v) is 6.41. The van der Waals surface area contributed by atoms with Gasteiger partial charge in [0.1, 0.15) is 5.75 Å². The first kappa shape index (κ1) is 17.7. The molecule has 0 unspecified atom stereocenters. The highest BCUT2D eigenvalue weighted by Crippen LogP contribution is 2.57. The van der Waals surface area contributed by atoms with Gasteiger partial charge in [0.25, 0.3) is 0 Å². The Hall–Kier alpha value is -2.14. The van der Waals surface area contributed by atoms with Crippen molar-refractivity contribution in [2.75, 3.05) is 13.6 Å². The van der Waals surface area contributed by atoms with Crippen LogP contribution >= 0.6 is 11.6 Å². The van der Waals surface area contributed by atoms with Gasteiger partial charge in [-0.1, -0.05) is 23.7 Å². The van der Waals surface area contributed by atoms with Gasteiger partial charge in [0.15, 0.2) is 0 Å². The van der Waals surface area contributed by atoms with E-state index in [0.717, 1.165) is 47.1 Å². The molecule has 148 valence electrons. The Balaban J connectivity index is 1.61. The van der Waals surface area contributed by atoms with Crippen LogP contribution in [0.1, 0.15) is 28.8 Å². The van der Waals surface area contributed by atoms with Gasteiger partial charge in [-0.25, -0.2) is 0 Å². The predicted molar refractivity (Wildman–Crippen MR) is 114 cm³/mol. The van der Waals surface area contributed by atoms with E-state index in [2.05, 4.69) is 18.0 Å². The van der Waals surface area contributed by atoms with Crippen molar-refractivity contribution in [2.24, 2.45) is 0 Å². The number of benzene rings is 2. The summed E-state index contributed by atoms with van der Waals surface area (Å²) in [5, 5.41) is 24.3. The fourth-order valence-electron chi connectivity index (χ4n) is 6.24. The second-order valence-corrected chi connectivity index (χ2v) is 9.52. The minimum atomic E-state index is -0.879. The van der Waals surface area contributed by atoms with Crippen molar-refractivity contribution >= 4 is 22.5 Å². The molecule has 3 atom stereocenters. The first-order chi connectivity index (χ1) is 13.9. The van der Waals surface area contributed by atoms with Crippen LogP contribution in [0.4, 0.5) is 0 Å². The number of nitrogens with zero attached hydrogens (tertiary/aromatic N) is 2. The molecule has 2 aliphatic carbocycles. The molecule has 0 spiro atoms. The number of piperidine rings is 1. The summed E-state index contributed by atoms with van der Waals surface area (Å²) in [6.07, 6.45) is 2.91. The molecule has 6 rings (SSSR count). The van der Waals surface area contributed by atoms with Crippen molar-refractivity contribution in [3.05, 3.63) is 69.9 Å². The average Bonchev–Trinajstić information content (AvgIpc) is 2.68. The number of phenols is 1. The molecule has 5 heteroatoms. The molecular weight excluding hydrogens is 384 g/mol. The van der Waals surface area contributed by atoms with E-state index in [1.165, 1.54) is 5.56 Å². The van der Waals surface area contributed by atoms with E-state index in [1.807, 2.05) is 30.3 Å². The first-order valence-electron chi connectivity index (χ1n) is 10.2. The van der Waals surface area contributed by atoms with Gasteiger partial charge < -0.3 is 15.1 Å². The number of pyridine rings is 1. The highest BCUT2D eigenvalue weighted by atomic mass is 35.5. The molecule has 1 aliphatic heterocycles. The summed E-state index contributed by atoms with van der Waals surface area (Å²) in [7, 11) is 2.12. The highest BCUT2D eigenvalue weighted by molar-refractivity contribution is 6.31. The van der Waals surface area contributed by atoms with Crippen LogP contribution in [0, 0.1) is 0 Å². The smallest absolute Gasteiger partial charge is 0.115 e. The van der Waals surface area contributed by atoms with E-state index in [4.69, 9.17) is 16.6 Å². The third-order valence-electron chi connectivity index (χ3n) is 7.70. The van der Waals surface area contributed by atoms with E-state index in [0.29, 0.717) is 17.9 Å². The van der Waals surface area contributed by atoms with Crippen LogP contribution in [-0.2, 0) is 24.7 Å². The molecule has 3 aromatic rings. The van der Waals surface area contributed by atoms with Crippen molar-refractivity contribution in [1.29, 1.82) is 0 Å². The molecule has 0 radical (unpaired) electrons. The summed E-state index contributed by atoms with van der Waals surface area (Å²) < 4.78 is 0. The van der Waals surface area contributed by atoms with E-state index in [-0.39, 0.29) is 11.8 Å². The molecule has 1 saturated heterocycles. The molecule has 1 aromatic heterocycles. The zero-order valence-corrected chi connectivity index (χ0v) is 17.1. The van der Waals surface area contributed by atoms with Crippen LogP contribution in [0.15, 0.2) is 42.5 Å². The van der Waals surface area contributed by atoms with Gasteiger partial charge in [-0.05, 0) is 73.5 Å². The number of phenolic OH excluding ortho intramolecular Hbond substituents is 1. The zero-order valence-electron chi connectivity index (χ0n) is 16.3. The summed E-state index contributed by atoms with van der Waals surface area (Å²) in [5.41, 5.74) is 4.10. The molecular formula is C24H23ClN2O2. The summed E-state index contributed by atoms with van der Waals surface area (Å²) in [4.78, 5) is 7.30. The van der Waals surface area contributed by atoms with Gasteiger partial charge >= 0.3 is 0 Å². The normalized spacial score (nSPS) is 30.5.